The van der Waals surface area contributed by atoms with Gasteiger partial charge in [-0.05, 0) is 60.1 Å². The second-order valence-electron chi connectivity index (χ2n) is 10.2. The van der Waals surface area contributed by atoms with E-state index in [0.29, 0.717) is 49.3 Å². The first-order valence-electron chi connectivity index (χ1n) is 11.3. The van der Waals surface area contributed by atoms with Crippen molar-refractivity contribution in [2.75, 3.05) is 26.2 Å². The average molecular weight is 494 g/mol. The van der Waals surface area contributed by atoms with Crippen LogP contribution < -0.4 is 5.32 Å². The van der Waals surface area contributed by atoms with Crippen molar-refractivity contribution in [3.05, 3.63) is 41.0 Å². The Balaban J connectivity index is 1.58. The van der Waals surface area contributed by atoms with Gasteiger partial charge in [0.2, 0.25) is 15.9 Å². The number of benzene rings is 1. The van der Waals surface area contributed by atoms with E-state index in [1.54, 1.807) is 40.7 Å². The van der Waals surface area contributed by atoms with E-state index in [0.717, 1.165) is 11.1 Å². The maximum absolute atomic E-state index is 13.1. The van der Waals surface area contributed by atoms with E-state index in [4.69, 9.17) is 9.26 Å². The fourth-order valence-corrected chi connectivity index (χ4v) is 5.36. The lowest BCUT2D eigenvalue weighted by Crippen LogP contribution is -2.48. The summed E-state index contributed by atoms with van der Waals surface area (Å²) >= 11 is 0. The van der Waals surface area contributed by atoms with Crippen LogP contribution in [0.25, 0.3) is 0 Å². The number of alkyl carbamates (subject to hydrolysis) is 1. The second kappa shape index (κ2) is 9.63. The highest BCUT2D eigenvalue weighted by Crippen LogP contribution is 2.23. The molecule has 11 heteroatoms. The van der Waals surface area contributed by atoms with E-state index < -0.39 is 27.3 Å². The van der Waals surface area contributed by atoms with Crippen LogP contribution in [-0.4, -0.2) is 65.6 Å². The summed E-state index contributed by atoms with van der Waals surface area (Å²) in [4.78, 5) is 19.0. The largest absolute Gasteiger partial charge is 0.444 e. The standard InChI is InChI=1S/C23H35N5O5S/c1-16-8-9-18(17(2)14-16)34(30,31)28-12-10-27(11-13-28)15-19-24-20(26-33-19)23(6,7)25-21(29)32-22(3,4)5/h8-9,14H,10-13,15H2,1-7H3,(H,25,29). The Morgan fingerprint density at radius 1 is 1.12 bits per heavy atom. The molecule has 1 fully saturated rings. The maximum Gasteiger partial charge on any atom is 0.408 e. The molecule has 2 aromatic rings. The van der Waals surface area contributed by atoms with Gasteiger partial charge in [-0.1, -0.05) is 22.9 Å². The minimum absolute atomic E-state index is 0.337. The first-order valence-corrected chi connectivity index (χ1v) is 12.8. The number of aryl methyl sites for hydroxylation is 2. The summed E-state index contributed by atoms with van der Waals surface area (Å²) in [6, 6.07) is 5.39. The molecule has 188 valence electrons. The number of sulfonamides is 1. The zero-order valence-corrected chi connectivity index (χ0v) is 21.8. The molecular formula is C23H35N5O5S. The Kier molecular flexibility index (Phi) is 7.40. The molecule has 10 nitrogen and oxygen atoms in total. The Bertz CT molecular complexity index is 1130. The molecule has 1 aliphatic heterocycles. The molecule has 1 aromatic heterocycles. The van der Waals surface area contributed by atoms with Crippen molar-refractivity contribution >= 4 is 16.1 Å². The maximum atomic E-state index is 13.1. The van der Waals surface area contributed by atoms with Gasteiger partial charge >= 0.3 is 6.09 Å². The fraction of sp³-hybridized carbons (Fsp3) is 0.609. The number of nitrogens with zero attached hydrogens (tertiary/aromatic N) is 4. The molecule has 1 aliphatic rings. The highest BCUT2D eigenvalue weighted by atomic mass is 32.2. The van der Waals surface area contributed by atoms with Crippen LogP contribution in [0.1, 0.15) is 57.5 Å². The molecule has 2 heterocycles. The van der Waals surface area contributed by atoms with Gasteiger partial charge in [-0.15, -0.1) is 0 Å². The Labute approximate surface area is 201 Å². The first-order chi connectivity index (χ1) is 15.7. The van der Waals surface area contributed by atoms with E-state index in [1.807, 2.05) is 26.0 Å². The van der Waals surface area contributed by atoms with Crippen LogP contribution in [0.4, 0.5) is 4.79 Å². The summed E-state index contributed by atoms with van der Waals surface area (Å²) in [5.74, 6) is 0.740. The molecule has 1 amide bonds. The summed E-state index contributed by atoms with van der Waals surface area (Å²) in [5.41, 5.74) is 0.284. The van der Waals surface area contributed by atoms with Gasteiger partial charge in [-0.2, -0.15) is 9.29 Å². The van der Waals surface area contributed by atoms with Crippen LogP contribution in [0.2, 0.25) is 0 Å². The number of hydrogen-bond donors (Lipinski definition) is 1. The molecule has 0 unspecified atom stereocenters. The van der Waals surface area contributed by atoms with Gasteiger partial charge in [0, 0.05) is 26.2 Å². The Morgan fingerprint density at radius 3 is 2.35 bits per heavy atom. The smallest absolute Gasteiger partial charge is 0.408 e. The fourth-order valence-electron chi connectivity index (χ4n) is 3.73. The van der Waals surface area contributed by atoms with Crippen molar-refractivity contribution in [3.8, 4) is 0 Å². The number of ether oxygens (including phenoxy) is 1. The third-order valence-electron chi connectivity index (χ3n) is 5.48. The van der Waals surface area contributed by atoms with Gasteiger partial charge in [-0.3, -0.25) is 4.90 Å². The number of rotatable bonds is 6. The van der Waals surface area contributed by atoms with Crippen molar-refractivity contribution < 1.29 is 22.5 Å². The molecule has 1 saturated heterocycles. The predicted molar refractivity (Wildman–Crippen MR) is 127 cm³/mol. The molecule has 0 atom stereocenters. The summed E-state index contributed by atoms with van der Waals surface area (Å²) in [6.07, 6.45) is -0.565. The third-order valence-corrected chi connectivity index (χ3v) is 7.54. The van der Waals surface area contributed by atoms with Crippen LogP contribution in [0, 0.1) is 13.8 Å². The SMILES string of the molecule is Cc1ccc(S(=O)(=O)N2CCN(Cc3nc(C(C)(C)NC(=O)OC(C)(C)C)no3)CC2)c(C)c1. The van der Waals surface area contributed by atoms with Crippen LogP contribution in [0.3, 0.4) is 0 Å². The number of aromatic nitrogens is 2. The Morgan fingerprint density at radius 2 is 1.76 bits per heavy atom. The highest BCUT2D eigenvalue weighted by Gasteiger charge is 2.33. The van der Waals surface area contributed by atoms with Gasteiger partial charge in [0.1, 0.15) is 11.1 Å². The number of carbonyl (C=O) groups is 1. The molecule has 0 radical (unpaired) electrons. The van der Waals surface area contributed by atoms with E-state index in [2.05, 4.69) is 20.4 Å². The Hall–Kier alpha value is -2.50. The molecule has 3 rings (SSSR count). The molecule has 1 N–H and O–H groups in total. The zero-order chi connectivity index (χ0) is 25.3. The topological polar surface area (TPSA) is 118 Å². The van der Waals surface area contributed by atoms with Crippen LogP contribution in [0.15, 0.2) is 27.6 Å². The van der Waals surface area contributed by atoms with Crippen LogP contribution in [-0.2, 0) is 26.8 Å². The van der Waals surface area contributed by atoms with E-state index >= 15 is 0 Å². The lowest BCUT2D eigenvalue weighted by Gasteiger charge is -2.33. The van der Waals surface area contributed by atoms with Crippen molar-refractivity contribution in [3.63, 3.8) is 0 Å². The molecule has 0 bridgehead atoms. The number of hydrogen-bond acceptors (Lipinski definition) is 8. The summed E-state index contributed by atoms with van der Waals surface area (Å²) in [7, 11) is -3.54. The van der Waals surface area contributed by atoms with Gasteiger partial charge in [0.25, 0.3) is 0 Å². The molecule has 0 spiro atoms. The predicted octanol–water partition coefficient (Wildman–Crippen LogP) is 2.95. The van der Waals surface area contributed by atoms with Gasteiger partial charge in [0.15, 0.2) is 5.82 Å². The summed E-state index contributed by atoms with van der Waals surface area (Å²) < 4.78 is 38.4. The van der Waals surface area contributed by atoms with Crippen LogP contribution in [0.5, 0.6) is 0 Å². The van der Waals surface area contributed by atoms with Crippen molar-refractivity contribution in [2.45, 2.75) is 71.0 Å². The quantitative estimate of drug-likeness (QED) is 0.653. The number of carbonyl (C=O) groups excluding carboxylic acids is 1. The average Bonchev–Trinajstić information content (AvgIpc) is 3.15. The lowest BCUT2D eigenvalue weighted by atomic mass is 10.1. The second-order valence-corrected chi connectivity index (χ2v) is 12.1. The molecule has 34 heavy (non-hydrogen) atoms. The van der Waals surface area contributed by atoms with Crippen molar-refractivity contribution in [1.29, 1.82) is 0 Å². The molecule has 0 aliphatic carbocycles. The monoisotopic (exact) mass is 493 g/mol. The molecule has 1 aromatic carbocycles. The van der Waals surface area contributed by atoms with E-state index in [1.165, 1.54) is 4.31 Å². The highest BCUT2D eigenvalue weighted by molar-refractivity contribution is 7.89. The zero-order valence-electron chi connectivity index (χ0n) is 21.0. The third kappa shape index (κ3) is 6.34. The first kappa shape index (κ1) is 26.1. The number of nitrogens with one attached hydrogen (secondary N) is 1. The molecular weight excluding hydrogens is 458 g/mol. The minimum atomic E-state index is -3.54. The van der Waals surface area contributed by atoms with Crippen LogP contribution >= 0.6 is 0 Å². The van der Waals surface area contributed by atoms with Gasteiger partial charge < -0.3 is 14.6 Å². The van der Waals surface area contributed by atoms with Gasteiger partial charge in [0.05, 0.1) is 11.4 Å². The minimum Gasteiger partial charge on any atom is -0.444 e. The van der Waals surface area contributed by atoms with Crippen molar-refractivity contribution in [1.82, 2.24) is 24.7 Å². The summed E-state index contributed by atoms with van der Waals surface area (Å²) in [5, 5.41) is 6.78. The number of piperazine rings is 1. The number of amides is 1. The molecule has 0 saturated carbocycles. The lowest BCUT2D eigenvalue weighted by molar-refractivity contribution is 0.0465. The van der Waals surface area contributed by atoms with E-state index in [9.17, 15) is 13.2 Å². The van der Waals surface area contributed by atoms with E-state index in [-0.39, 0.29) is 0 Å². The normalized spacial score (nSPS) is 16.4. The summed E-state index contributed by atoms with van der Waals surface area (Å²) in [6.45, 7) is 14.9. The van der Waals surface area contributed by atoms with Gasteiger partial charge in [-0.25, -0.2) is 13.2 Å². The van der Waals surface area contributed by atoms with Crippen molar-refractivity contribution in [2.24, 2.45) is 0 Å².